The molecule has 0 radical (unpaired) electrons. The van der Waals surface area contributed by atoms with E-state index in [1.54, 1.807) is 11.1 Å². The van der Waals surface area contributed by atoms with Crippen LogP contribution in [-0.2, 0) is 24.8 Å². The van der Waals surface area contributed by atoms with E-state index in [-0.39, 0.29) is 25.5 Å². The number of rotatable bonds is 6. The summed E-state index contributed by atoms with van der Waals surface area (Å²) in [6.45, 7) is 0.591. The third-order valence-electron chi connectivity index (χ3n) is 3.45. The summed E-state index contributed by atoms with van der Waals surface area (Å²) in [5.74, 6) is 0.718. The normalized spacial score (nSPS) is 11.2. The Balaban J connectivity index is 1.71. The molecule has 0 saturated heterocycles. The molecule has 8 heteroatoms. The van der Waals surface area contributed by atoms with Gasteiger partial charge in [0.2, 0.25) is 5.91 Å². The number of aromatic nitrogens is 4. The molecule has 0 atom stereocenters. The molecule has 0 unspecified atom stereocenters. The first-order chi connectivity index (χ1) is 10.7. The molecule has 0 aliphatic carbocycles. The van der Waals surface area contributed by atoms with Crippen molar-refractivity contribution in [1.29, 1.82) is 0 Å². The fraction of sp³-hybridized carbons (Fsp3) is 0.357. The van der Waals surface area contributed by atoms with Gasteiger partial charge in [-0.25, -0.2) is 9.97 Å². The molecule has 0 aromatic carbocycles. The van der Waals surface area contributed by atoms with Gasteiger partial charge in [0, 0.05) is 43.8 Å². The smallest absolute Gasteiger partial charge is 0.229 e. The second kappa shape index (κ2) is 6.29. The third kappa shape index (κ3) is 3.02. The average molecular weight is 319 g/mol. The van der Waals surface area contributed by atoms with Crippen molar-refractivity contribution in [1.82, 2.24) is 23.8 Å². The number of hydrogen-bond acceptors (Lipinski definition) is 5. The van der Waals surface area contributed by atoms with Gasteiger partial charge in [-0.1, -0.05) is 0 Å². The first-order valence-corrected chi connectivity index (χ1v) is 7.81. The Labute approximate surface area is 131 Å². The third-order valence-corrected chi connectivity index (χ3v) is 4.22. The number of amides is 1. The maximum absolute atomic E-state index is 12.5. The monoisotopic (exact) mass is 319 g/mol. The predicted octanol–water partition coefficient (Wildman–Crippen LogP) is 0.693. The van der Waals surface area contributed by atoms with Crippen LogP contribution < -0.4 is 0 Å². The fourth-order valence-electron chi connectivity index (χ4n) is 2.26. The van der Waals surface area contributed by atoms with Gasteiger partial charge in [-0.15, -0.1) is 11.3 Å². The van der Waals surface area contributed by atoms with Crippen molar-refractivity contribution in [2.45, 2.75) is 13.0 Å². The zero-order valence-corrected chi connectivity index (χ0v) is 13.0. The van der Waals surface area contributed by atoms with E-state index < -0.39 is 0 Å². The van der Waals surface area contributed by atoms with Crippen molar-refractivity contribution in [2.75, 3.05) is 13.2 Å². The van der Waals surface area contributed by atoms with Gasteiger partial charge in [0.1, 0.15) is 5.82 Å². The molecule has 0 saturated carbocycles. The topological polar surface area (TPSA) is 75.7 Å². The zero-order valence-electron chi connectivity index (χ0n) is 12.2. The summed E-state index contributed by atoms with van der Waals surface area (Å²) >= 11 is 1.53. The summed E-state index contributed by atoms with van der Waals surface area (Å²) < 4.78 is 3.77. The molecule has 0 fully saturated rings. The van der Waals surface area contributed by atoms with E-state index in [0.717, 1.165) is 16.5 Å². The molecule has 0 aliphatic rings. The average Bonchev–Trinajstić information content (AvgIpc) is 3.15. The lowest BCUT2D eigenvalue weighted by Crippen LogP contribution is -2.35. The fourth-order valence-corrected chi connectivity index (χ4v) is 2.98. The number of carbonyl (C=O) groups is 1. The van der Waals surface area contributed by atoms with E-state index in [1.165, 1.54) is 11.3 Å². The summed E-state index contributed by atoms with van der Waals surface area (Å²) in [5, 5.41) is 11.1. The Kier molecular flexibility index (Phi) is 4.21. The Hall–Kier alpha value is -2.19. The van der Waals surface area contributed by atoms with Gasteiger partial charge in [-0.3, -0.25) is 9.20 Å². The van der Waals surface area contributed by atoms with Crippen LogP contribution in [0.15, 0.2) is 30.2 Å². The first kappa shape index (κ1) is 14.7. The van der Waals surface area contributed by atoms with Crippen LogP contribution >= 0.6 is 11.3 Å². The van der Waals surface area contributed by atoms with E-state index in [9.17, 15) is 9.90 Å². The van der Waals surface area contributed by atoms with Gasteiger partial charge >= 0.3 is 0 Å². The molecule has 3 aromatic heterocycles. The van der Waals surface area contributed by atoms with Gasteiger partial charge in [-0.2, -0.15) is 0 Å². The van der Waals surface area contributed by atoms with E-state index in [0.29, 0.717) is 6.54 Å². The van der Waals surface area contributed by atoms with Crippen LogP contribution in [0.1, 0.15) is 11.5 Å². The lowest BCUT2D eigenvalue weighted by Gasteiger charge is -2.21. The van der Waals surface area contributed by atoms with Crippen molar-refractivity contribution in [3.8, 4) is 0 Å². The van der Waals surface area contributed by atoms with Gasteiger partial charge in [0.15, 0.2) is 4.96 Å². The van der Waals surface area contributed by atoms with Gasteiger partial charge in [0.05, 0.1) is 25.3 Å². The molecule has 3 rings (SSSR count). The molecule has 0 spiro atoms. The van der Waals surface area contributed by atoms with Crippen molar-refractivity contribution in [3.05, 3.63) is 41.7 Å². The number of aliphatic hydroxyl groups excluding tert-OH is 1. The minimum absolute atomic E-state index is 0.0668. The Bertz CT molecular complexity index is 746. The number of aryl methyl sites for hydroxylation is 1. The highest BCUT2D eigenvalue weighted by molar-refractivity contribution is 7.15. The van der Waals surface area contributed by atoms with Crippen LogP contribution in [0.5, 0.6) is 0 Å². The number of thiazole rings is 1. The van der Waals surface area contributed by atoms with Crippen LogP contribution in [0.25, 0.3) is 4.96 Å². The van der Waals surface area contributed by atoms with Crippen LogP contribution in [0, 0.1) is 0 Å². The highest BCUT2D eigenvalue weighted by atomic mass is 32.1. The minimum Gasteiger partial charge on any atom is -0.395 e. The quantitative estimate of drug-likeness (QED) is 0.725. The summed E-state index contributed by atoms with van der Waals surface area (Å²) in [6.07, 6.45) is 7.53. The molecule has 116 valence electrons. The summed E-state index contributed by atoms with van der Waals surface area (Å²) in [7, 11) is 1.88. The number of hydrogen-bond donors (Lipinski definition) is 1. The molecule has 1 amide bonds. The Morgan fingerprint density at radius 1 is 1.45 bits per heavy atom. The van der Waals surface area contributed by atoms with E-state index in [4.69, 9.17) is 0 Å². The molecule has 7 nitrogen and oxygen atoms in total. The second-order valence-corrected chi connectivity index (χ2v) is 5.87. The van der Waals surface area contributed by atoms with Crippen molar-refractivity contribution in [2.24, 2.45) is 7.05 Å². The van der Waals surface area contributed by atoms with Gasteiger partial charge in [0.25, 0.3) is 0 Å². The number of nitrogens with zero attached hydrogens (tertiary/aromatic N) is 5. The molecule has 3 heterocycles. The summed E-state index contributed by atoms with van der Waals surface area (Å²) in [5.41, 5.74) is 0.736. The van der Waals surface area contributed by atoms with Crippen molar-refractivity contribution in [3.63, 3.8) is 0 Å². The van der Waals surface area contributed by atoms with Crippen molar-refractivity contribution < 1.29 is 9.90 Å². The number of fused-ring (bicyclic) bond motifs is 1. The van der Waals surface area contributed by atoms with Gasteiger partial charge in [-0.05, 0) is 0 Å². The SMILES string of the molecule is Cn1ccnc1CN(CCO)C(=O)Cc1cn2ccsc2n1. The lowest BCUT2D eigenvalue weighted by molar-refractivity contribution is -0.131. The standard InChI is InChI=1S/C14H17N5O2S/c1-17-3-2-15-12(17)10-18(4-6-20)13(21)8-11-9-19-5-7-22-14(19)16-11/h2-3,5,7,9,20H,4,6,8,10H2,1H3. The maximum atomic E-state index is 12.5. The predicted molar refractivity (Wildman–Crippen MR) is 82.5 cm³/mol. The van der Waals surface area contributed by atoms with E-state index in [2.05, 4.69) is 9.97 Å². The Morgan fingerprint density at radius 2 is 2.32 bits per heavy atom. The molecule has 22 heavy (non-hydrogen) atoms. The summed E-state index contributed by atoms with van der Waals surface area (Å²) in [6, 6.07) is 0. The van der Waals surface area contributed by atoms with Crippen LogP contribution in [-0.4, -0.2) is 48.0 Å². The number of aliphatic hydroxyl groups is 1. The van der Waals surface area contributed by atoms with Crippen LogP contribution in [0.3, 0.4) is 0 Å². The lowest BCUT2D eigenvalue weighted by atomic mass is 10.3. The molecule has 0 aliphatic heterocycles. The highest BCUT2D eigenvalue weighted by Crippen LogP contribution is 2.13. The molecule has 3 aromatic rings. The molecule has 0 bridgehead atoms. The maximum Gasteiger partial charge on any atom is 0.229 e. The largest absolute Gasteiger partial charge is 0.395 e. The second-order valence-electron chi connectivity index (χ2n) is 5.00. The molecular weight excluding hydrogens is 302 g/mol. The summed E-state index contributed by atoms with van der Waals surface area (Å²) in [4.78, 5) is 23.6. The van der Waals surface area contributed by atoms with Crippen LogP contribution in [0.4, 0.5) is 0 Å². The van der Waals surface area contributed by atoms with Gasteiger partial charge < -0.3 is 14.6 Å². The first-order valence-electron chi connectivity index (χ1n) is 6.93. The number of carbonyl (C=O) groups excluding carboxylic acids is 1. The van der Waals surface area contributed by atoms with Crippen molar-refractivity contribution >= 4 is 22.2 Å². The minimum atomic E-state index is -0.0750. The zero-order chi connectivity index (χ0) is 15.5. The van der Waals surface area contributed by atoms with Crippen LogP contribution in [0.2, 0.25) is 0 Å². The van der Waals surface area contributed by atoms with E-state index in [1.807, 2.05) is 40.0 Å². The Morgan fingerprint density at radius 3 is 3.00 bits per heavy atom. The van der Waals surface area contributed by atoms with E-state index >= 15 is 0 Å². The number of imidazole rings is 2. The molecule has 1 N–H and O–H groups in total. The highest BCUT2D eigenvalue weighted by Gasteiger charge is 2.17. The molecular formula is C14H17N5O2S.